The summed E-state index contributed by atoms with van der Waals surface area (Å²) < 4.78 is 0. The van der Waals surface area contributed by atoms with Crippen molar-refractivity contribution in [2.75, 3.05) is 0 Å². The lowest BCUT2D eigenvalue weighted by Crippen LogP contribution is -2.29. The fourth-order valence-corrected chi connectivity index (χ4v) is 2.60. The van der Waals surface area contributed by atoms with Crippen LogP contribution in [0.5, 0.6) is 0 Å². The van der Waals surface area contributed by atoms with E-state index in [1.54, 1.807) is 0 Å². The van der Waals surface area contributed by atoms with Gasteiger partial charge in [-0.1, -0.05) is 47.0 Å². The van der Waals surface area contributed by atoms with Crippen LogP contribution >= 0.6 is 0 Å². The molecule has 0 N–H and O–H groups in total. The van der Waals surface area contributed by atoms with Crippen LogP contribution in [0.2, 0.25) is 0 Å². The van der Waals surface area contributed by atoms with Crippen molar-refractivity contribution in [1.29, 1.82) is 0 Å². The number of rotatable bonds is 0. The van der Waals surface area contributed by atoms with E-state index in [0.29, 0.717) is 5.41 Å². The van der Waals surface area contributed by atoms with Gasteiger partial charge >= 0.3 is 0 Å². The quantitative estimate of drug-likeness (QED) is 0.497. The third-order valence-corrected chi connectivity index (χ3v) is 3.22. The zero-order chi connectivity index (χ0) is 8.48. The monoisotopic (exact) mass is 154 g/mol. The molecule has 0 aliphatic heterocycles. The summed E-state index contributed by atoms with van der Waals surface area (Å²) in [6, 6.07) is 0. The summed E-state index contributed by atoms with van der Waals surface area (Å²) in [4.78, 5) is 0. The Morgan fingerprint density at radius 1 is 1.00 bits per heavy atom. The Morgan fingerprint density at radius 2 is 1.55 bits per heavy atom. The second kappa shape index (κ2) is 3.16. The van der Waals surface area contributed by atoms with E-state index >= 15 is 0 Å². The first kappa shape index (κ1) is 9.09. The molecule has 0 saturated heterocycles. The molecule has 0 radical (unpaired) electrons. The highest BCUT2D eigenvalue weighted by atomic mass is 14.4. The van der Waals surface area contributed by atoms with Crippen molar-refractivity contribution in [1.82, 2.24) is 0 Å². The van der Waals surface area contributed by atoms with Crippen molar-refractivity contribution >= 4 is 0 Å². The molecule has 1 rings (SSSR count). The molecule has 0 heteroatoms. The molecular weight excluding hydrogens is 132 g/mol. The minimum Gasteiger partial charge on any atom is -0.0622 e. The third kappa shape index (κ3) is 2.21. The number of hydrogen-bond donors (Lipinski definition) is 0. The Bertz CT molecular complexity index is 118. The largest absolute Gasteiger partial charge is 0.0622 e. The Balaban J connectivity index is 2.55. The molecular formula is C11H22. The van der Waals surface area contributed by atoms with Gasteiger partial charge in [0.15, 0.2) is 0 Å². The van der Waals surface area contributed by atoms with Gasteiger partial charge in [0.05, 0.1) is 0 Å². The standard InChI is InChI=1S/C11H22/c1-9-7-5-6-8-10(9)11(2,3)4/h9-10H,5-8H2,1-4H3/t9?,10-/m1/s1. The SMILES string of the molecule is CC1CCCC[C@H]1C(C)(C)C. The highest BCUT2D eigenvalue weighted by Gasteiger charge is 2.30. The van der Waals surface area contributed by atoms with Crippen LogP contribution in [0.15, 0.2) is 0 Å². The molecule has 0 amide bonds. The van der Waals surface area contributed by atoms with Crippen molar-refractivity contribution in [3.05, 3.63) is 0 Å². The van der Waals surface area contributed by atoms with Gasteiger partial charge in [-0.05, 0) is 23.7 Å². The van der Waals surface area contributed by atoms with E-state index in [4.69, 9.17) is 0 Å². The maximum Gasteiger partial charge on any atom is -0.0340 e. The van der Waals surface area contributed by atoms with E-state index in [1.165, 1.54) is 25.7 Å². The van der Waals surface area contributed by atoms with Crippen molar-refractivity contribution in [3.63, 3.8) is 0 Å². The van der Waals surface area contributed by atoms with Gasteiger partial charge in [-0.2, -0.15) is 0 Å². The van der Waals surface area contributed by atoms with Gasteiger partial charge in [-0.15, -0.1) is 0 Å². The lowest BCUT2D eigenvalue weighted by molar-refractivity contribution is 0.119. The van der Waals surface area contributed by atoms with Crippen molar-refractivity contribution < 1.29 is 0 Å². The molecule has 11 heavy (non-hydrogen) atoms. The summed E-state index contributed by atoms with van der Waals surface area (Å²) in [6.45, 7) is 9.59. The Labute approximate surface area is 71.4 Å². The summed E-state index contributed by atoms with van der Waals surface area (Å²) in [5.74, 6) is 1.93. The van der Waals surface area contributed by atoms with Crippen LogP contribution in [0, 0.1) is 17.3 Å². The summed E-state index contributed by atoms with van der Waals surface area (Å²) in [7, 11) is 0. The molecule has 1 aliphatic carbocycles. The minimum absolute atomic E-state index is 0.542. The number of hydrogen-bond acceptors (Lipinski definition) is 0. The zero-order valence-corrected chi connectivity index (χ0v) is 8.48. The van der Waals surface area contributed by atoms with Crippen molar-refractivity contribution in [3.8, 4) is 0 Å². The molecule has 1 aliphatic rings. The van der Waals surface area contributed by atoms with E-state index < -0.39 is 0 Å². The van der Waals surface area contributed by atoms with Gasteiger partial charge in [0.25, 0.3) is 0 Å². The van der Waals surface area contributed by atoms with E-state index in [1.807, 2.05) is 0 Å². The van der Waals surface area contributed by atoms with E-state index in [2.05, 4.69) is 27.7 Å². The highest BCUT2D eigenvalue weighted by molar-refractivity contribution is 4.81. The van der Waals surface area contributed by atoms with Gasteiger partial charge in [0.2, 0.25) is 0 Å². The van der Waals surface area contributed by atoms with Crippen molar-refractivity contribution in [2.24, 2.45) is 17.3 Å². The first-order valence-corrected chi connectivity index (χ1v) is 5.02. The predicted molar refractivity (Wildman–Crippen MR) is 50.6 cm³/mol. The molecule has 0 aromatic rings. The molecule has 66 valence electrons. The molecule has 0 heterocycles. The Kier molecular flexibility index (Phi) is 2.61. The van der Waals surface area contributed by atoms with E-state index in [-0.39, 0.29) is 0 Å². The van der Waals surface area contributed by atoms with Gasteiger partial charge in [-0.25, -0.2) is 0 Å². The molecule has 1 fully saturated rings. The molecule has 1 saturated carbocycles. The van der Waals surface area contributed by atoms with Gasteiger partial charge in [0, 0.05) is 0 Å². The van der Waals surface area contributed by atoms with Crippen LogP contribution < -0.4 is 0 Å². The van der Waals surface area contributed by atoms with Crippen LogP contribution in [-0.2, 0) is 0 Å². The van der Waals surface area contributed by atoms with Crippen LogP contribution in [0.25, 0.3) is 0 Å². The zero-order valence-electron chi connectivity index (χ0n) is 8.48. The van der Waals surface area contributed by atoms with Crippen molar-refractivity contribution in [2.45, 2.75) is 53.4 Å². The fraction of sp³-hybridized carbons (Fsp3) is 1.00. The summed E-state index contributed by atoms with van der Waals surface area (Å²) in [6.07, 6.45) is 5.85. The smallest absolute Gasteiger partial charge is 0.0340 e. The van der Waals surface area contributed by atoms with Gasteiger partial charge < -0.3 is 0 Å². The first-order chi connectivity index (χ1) is 5.02. The lowest BCUT2D eigenvalue weighted by Gasteiger charge is -2.38. The highest BCUT2D eigenvalue weighted by Crippen LogP contribution is 2.41. The first-order valence-electron chi connectivity index (χ1n) is 5.02. The van der Waals surface area contributed by atoms with Gasteiger partial charge in [-0.3, -0.25) is 0 Å². The van der Waals surface area contributed by atoms with Crippen LogP contribution in [0.3, 0.4) is 0 Å². The average Bonchev–Trinajstić information content (AvgIpc) is 1.86. The molecule has 0 aromatic carbocycles. The molecule has 0 aromatic heterocycles. The molecule has 2 atom stereocenters. The third-order valence-electron chi connectivity index (χ3n) is 3.22. The van der Waals surface area contributed by atoms with Crippen LogP contribution in [-0.4, -0.2) is 0 Å². The Hall–Kier alpha value is 0. The molecule has 0 nitrogen and oxygen atoms in total. The fourth-order valence-electron chi connectivity index (χ4n) is 2.60. The topological polar surface area (TPSA) is 0 Å². The average molecular weight is 154 g/mol. The summed E-state index contributed by atoms with van der Waals surface area (Å²) in [5, 5.41) is 0. The lowest BCUT2D eigenvalue weighted by atomic mass is 9.67. The predicted octanol–water partition coefficient (Wildman–Crippen LogP) is 3.86. The normalized spacial score (nSPS) is 33.8. The van der Waals surface area contributed by atoms with Crippen LogP contribution in [0.4, 0.5) is 0 Å². The maximum atomic E-state index is 2.43. The Morgan fingerprint density at radius 3 is 1.91 bits per heavy atom. The van der Waals surface area contributed by atoms with Gasteiger partial charge in [0.1, 0.15) is 0 Å². The van der Waals surface area contributed by atoms with Crippen LogP contribution in [0.1, 0.15) is 53.4 Å². The molecule has 0 spiro atoms. The van der Waals surface area contributed by atoms with E-state index in [9.17, 15) is 0 Å². The maximum absolute atomic E-state index is 2.43. The van der Waals surface area contributed by atoms with E-state index in [0.717, 1.165) is 11.8 Å². The summed E-state index contributed by atoms with van der Waals surface area (Å²) >= 11 is 0. The second-order valence-corrected chi connectivity index (χ2v) is 5.23. The minimum atomic E-state index is 0.542. The summed E-state index contributed by atoms with van der Waals surface area (Å²) in [5.41, 5.74) is 0.542. The second-order valence-electron chi connectivity index (χ2n) is 5.23. The molecule has 0 bridgehead atoms. The molecule has 1 unspecified atom stereocenters.